The fourth-order valence-corrected chi connectivity index (χ4v) is 3.40. The molecule has 154 valence electrons. The number of hydrogen-bond donors (Lipinski definition) is 0. The van der Waals surface area contributed by atoms with Crippen molar-refractivity contribution in [2.75, 3.05) is 13.2 Å². The topological polar surface area (TPSA) is 55.3 Å². The van der Waals surface area contributed by atoms with Crippen LogP contribution in [0, 0.1) is 0 Å². The van der Waals surface area contributed by atoms with Crippen LogP contribution in [0.4, 0.5) is 13.2 Å². The van der Waals surface area contributed by atoms with E-state index in [2.05, 4.69) is 9.97 Å². The van der Waals surface area contributed by atoms with Gasteiger partial charge in [0.2, 0.25) is 0 Å². The first-order valence-corrected chi connectivity index (χ1v) is 9.37. The molecule has 1 aliphatic heterocycles. The maximum atomic E-state index is 13.3. The lowest BCUT2D eigenvalue weighted by Gasteiger charge is -2.26. The largest absolute Gasteiger partial charge is 0.491 e. The molecule has 3 aromatic rings. The number of benzene rings is 2. The van der Waals surface area contributed by atoms with E-state index in [1.54, 1.807) is 41.6 Å². The average Bonchev–Trinajstić information content (AvgIpc) is 2.92. The van der Waals surface area contributed by atoms with Crippen molar-refractivity contribution in [3.63, 3.8) is 0 Å². The van der Waals surface area contributed by atoms with E-state index >= 15 is 0 Å². The number of halogens is 3. The van der Waals surface area contributed by atoms with Gasteiger partial charge in [-0.15, -0.1) is 0 Å². The summed E-state index contributed by atoms with van der Waals surface area (Å²) in [6.45, 7) is 2.52. The van der Waals surface area contributed by atoms with Crippen LogP contribution in [0.15, 0.2) is 60.9 Å². The highest BCUT2D eigenvalue weighted by atomic mass is 19.4. The molecule has 1 aliphatic rings. The Morgan fingerprint density at radius 2 is 1.70 bits per heavy atom. The molecule has 0 bridgehead atoms. The van der Waals surface area contributed by atoms with Gasteiger partial charge in [-0.2, -0.15) is 13.2 Å². The van der Waals surface area contributed by atoms with Gasteiger partial charge in [-0.05, 0) is 48.4 Å². The molecule has 8 heteroatoms. The summed E-state index contributed by atoms with van der Waals surface area (Å²) in [4.78, 5) is 23.4. The van der Waals surface area contributed by atoms with Gasteiger partial charge < -0.3 is 9.64 Å². The number of carbonyl (C=O) groups is 1. The van der Waals surface area contributed by atoms with Crippen LogP contribution in [-0.2, 0) is 6.18 Å². The molecule has 0 aliphatic carbocycles. The standard InChI is InChI=1S/C22H18F3N3O2/c1-14(20-26-9-2-10-27-20)28-11-12-30-19-8-5-16(13-18(19)21(28)29)15-3-6-17(7-4-15)22(23,24)25/h2-10,13-14H,11-12H2,1H3. The van der Waals surface area contributed by atoms with Crippen LogP contribution in [0.1, 0.15) is 34.7 Å². The number of amides is 1. The Kier molecular flexibility index (Phi) is 5.15. The van der Waals surface area contributed by atoms with Crippen LogP contribution in [0.3, 0.4) is 0 Å². The van der Waals surface area contributed by atoms with Crippen molar-refractivity contribution in [1.29, 1.82) is 0 Å². The maximum Gasteiger partial charge on any atom is 0.416 e. The minimum absolute atomic E-state index is 0.240. The van der Waals surface area contributed by atoms with Crippen molar-refractivity contribution in [1.82, 2.24) is 14.9 Å². The van der Waals surface area contributed by atoms with E-state index in [-0.39, 0.29) is 11.9 Å². The van der Waals surface area contributed by atoms with Gasteiger partial charge in [0.15, 0.2) is 0 Å². The number of nitrogens with zero attached hydrogens (tertiary/aromatic N) is 3. The molecule has 1 aromatic heterocycles. The van der Waals surface area contributed by atoms with Gasteiger partial charge in [0, 0.05) is 12.4 Å². The Labute approximate surface area is 171 Å². The monoisotopic (exact) mass is 413 g/mol. The molecule has 1 amide bonds. The Balaban J connectivity index is 1.67. The van der Waals surface area contributed by atoms with Crippen LogP contribution in [0.25, 0.3) is 11.1 Å². The highest BCUT2D eigenvalue weighted by Crippen LogP contribution is 2.34. The summed E-state index contributed by atoms with van der Waals surface area (Å²) in [5.74, 6) is 0.726. The summed E-state index contributed by atoms with van der Waals surface area (Å²) < 4.78 is 44.2. The first-order valence-electron chi connectivity index (χ1n) is 9.37. The predicted molar refractivity (Wildman–Crippen MR) is 104 cm³/mol. The van der Waals surface area contributed by atoms with E-state index in [0.29, 0.717) is 41.4 Å². The molecular weight excluding hydrogens is 395 g/mol. The third-order valence-electron chi connectivity index (χ3n) is 5.03. The molecular formula is C22H18F3N3O2. The van der Waals surface area contributed by atoms with E-state index in [0.717, 1.165) is 12.1 Å². The molecule has 4 rings (SSSR count). The summed E-state index contributed by atoms with van der Waals surface area (Å²) in [5.41, 5.74) is 0.842. The number of fused-ring (bicyclic) bond motifs is 1. The lowest BCUT2D eigenvalue weighted by molar-refractivity contribution is -0.137. The van der Waals surface area contributed by atoms with Crippen molar-refractivity contribution in [2.24, 2.45) is 0 Å². The second kappa shape index (κ2) is 7.78. The molecule has 0 saturated carbocycles. The summed E-state index contributed by atoms with van der Waals surface area (Å²) in [6.07, 6.45) is -1.16. The number of alkyl halides is 3. The van der Waals surface area contributed by atoms with Crippen molar-refractivity contribution >= 4 is 5.91 Å². The second-order valence-electron chi connectivity index (χ2n) is 6.92. The highest BCUT2D eigenvalue weighted by molar-refractivity contribution is 5.98. The summed E-state index contributed by atoms with van der Waals surface area (Å²) in [6, 6.07) is 11.2. The minimum Gasteiger partial charge on any atom is -0.491 e. The smallest absolute Gasteiger partial charge is 0.416 e. The molecule has 1 atom stereocenters. The molecule has 5 nitrogen and oxygen atoms in total. The molecule has 1 unspecified atom stereocenters. The van der Waals surface area contributed by atoms with Gasteiger partial charge in [0.05, 0.1) is 23.7 Å². The normalized spacial score (nSPS) is 15.2. The van der Waals surface area contributed by atoms with Gasteiger partial charge in [-0.25, -0.2) is 9.97 Å². The number of aromatic nitrogens is 2. The van der Waals surface area contributed by atoms with E-state index < -0.39 is 11.7 Å². The zero-order valence-electron chi connectivity index (χ0n) is 16.1. The predicted octanol–water partition coefficient (Wildman–Crippen LogP) is 4.76. The Bertz CT molecular complexity index is 1050. The molecule has 2 heterocycles. The molecule has 0 spiro atoms. The number of carbonyl (C=O) groups excluding carboxylic acids is 1. The lowest BCUT2D eigenvalue weighted by Crippen LogP contribution is -2.35. The Morgan fingerprint density at radius 3 is 2.37 bits per heavy atom. The van der Waals surface area contributed by atoms with Gasteiger partial charge in [0.1, 0.15) is 18.2 Å². The third-order valence-corrected chi connectivity index (χ3v) is 5.03. The maximum absolute atomic E-state index is 13.3. The molecule has 0 radical (unpaired) electrons. The van der Waals surface area contributed by atoms with E-state index in [1.807, 2.05) is 6.92 Å². The number of hydrogen-bond acceptors (Lipinski definition) is 4. The molecule has 0 saturated heterocycles. The summed E-state index contributed by atoms with van der Waals surface area (Å²) >= 11 is 0. The molecule has 0 fully saturated rings. The van der Waals surface area contributed by atoms with Crippen LogP contribution in [0.5, 0.6) is 5.75 Å². The summed E-state index contributed by atoms with van der Waals surface area (Å²) in [5, 5.41) is 0. The van der Waals surface area contributed by atoms with Crippen LogP contribution in [0.2, 0.25) is 0 Å². The van der Waals surface area contributed by atoms with Gasteiger partial charge in [-0.3, -0.25) is 4.79 Å². The van der Waals surface area contributed by atoms with E-state index in [4.69, 9.17) is 4.74 Å². The van der Waals surface area contributed by atoms with Crippen molar-refractivity contribution in [3.8, 4) is 16.9 Å². The fourth-order valence-electron chi connectivity index (χ4n) is 3.40. The first kappa shape index (κ1) is 19.9. The quantitative estimate of drug-likeness (QED) is 0.621. The van der Waals surface area contributed by atoms with Crippen LogP contribution in [-0.4, -0.2) is 33.9 Å². The van der Waals surface area contributed by atoms with Crippen molar-refractivity contribution in [3.05, 3.63) is 77.9 Å². The number of rotatable bonds is 3. The van der Waals surface area contributed by atoms with Gasteiger partial charge >= 0.3 is 6.18 Å². The SMILES string of the molecule is CC(c1ncccn1)N1CCOc2ccc(-c3ccc(C(F)(F)F)cc3)cc2C1=O. The zero-order chi connectivity index (χ0) is 21.3. The lowest BCUT2D eigenvalue weighted by atomic mass is 10.00. The zero-order valence-corrected chi connectivity index (χ0v) is 16.1. The molecule has 30 heavy (non-hydrogen) atoms. The van der Waals surface area contributed by atoms with Gasteiger partial charge in [0.25, 0.3) is 5.91 Å². The Morgan fingerprint density at radius 1 is 1.03 bits per heavy atom. The average molecular weight is 413 g/mol. The van der Waals surface area contributed by atoms with Crippen LogP contribution < -0.4 is 4.74 Å². The minimum atomic E-state index is -4.40. The van der Waals surface area contributed by atoms with E-state index in [1.165, 1.54) is 12.1 Å². The second-order valence-corrected chi connectivity index (χ2v) is 6.92. The van der Waals surface area contributed by atoms with E-state index in [9.17, 15) is 18.0 Å². The number of ether oxygens (including phenoxy) is 1. The Hall–Kier alpha value is -3.42. The van der Waals surface area contributed by atoms with Gasteiger partial charge in [-0.1, -0.05) is 18.2 Å². The van der Waals surface area contributed by atoms with Crippen molar-refractivity contribution < 1.29 is 22.7 Å². The first-order chi connectivity index (χ1) is 14.3. The molecule has 0 N–H and O–H groups in total. The fraction of sp³-hybridized carbons (Fsp3) is 0.227. The van der Waals surface area contributed by atoms with Crippen molar-refractivity contribution in [2.45, 2.75) is 19.1 Å². The highest BCUT2D eigenvalue weighted by Gasteiger charge is 2.31. The molecule has 2 aromatic carbocycles. The third kappa shape index (κ3) is 3.85. The summed E-state index contributed by atoms with van der Waals surface area (Å²) in [7, 11) is 0. The van der Waals surface area contributed by atoms with Crippen LogP contribution >= 0.6 is 0 Å².